The van der Waals surface area contributed by atoms with Gasteiger partial charge in [-0.15, -0.1) is 0 Å². The molecule has 1 amide bonds. The van der Waals surface area contributed by atoms with Gasteiger partial charge in [-0.05, 0) is 81.9 Å². The number of methoxy groups -OCH3 is 4. The number of alkyl halides is 1. The van der Waals surface area contributed by atoms with Crippen LogP contribution in [0, 0.1) is 11.8 Å². The number of carbonyl (C=O) groups excluding carboxylic acids is 1. The van der Waals surface area contributed by atoms with Gasteiger partial charge in [-0.2, -0.15) is 18.1 Å². The maximum absolute atomic E-state index is 17.9. The van der Waals surface area contributed by atoms with Crippen LogP contribution in [-0.4, -0.2) is 126 Å². The molecule has 0 aliphatic carbocycles. The molecule has 6 aromatic carbocycles. The summed E-state index contributed by atoms with van der Waals surface area (Å²) in [6.07, 6.45) is -7.12. The third kappa shape index (κ3) is 12.2. The van der Waals surface area contributed by atoms with Gasteiger partial charge in [-0.1, -0.05) is 130 Å². The molecular formula is C67H67FN10O14S. The van der Waals surface area contributed by atoms with Crippen molar-refractivity contribution >= 4 is 44.5 Å². The summed E-state index contributed by atoms with van der Waals surface area (Å²) in [6, 6.07) is 47.9. The van der Waals surface area contributed by atoms with Crippen LogP contribution in [0.1, 0.15) is 66.6 Å². The van der Waals surface area contributed by atoms with E-state index in [0.717, 1.165) is 6.33 Å². The van der Waals surface area contributed by atoms with Crippen molar-refractivity contribution in [1.82, 2.24) is 43.8 Å². The number of rotatable bonds is 24. The number of carbonyl (C=O) groups is 1. The lowest BCUT2D eigenvalue weighted by Crippen LogP contribution is -2.44. The van der Waals surface area contributed by atoms with Gasteiger partial charge < -0.3 is 42.9 Å². The van der Waals surface area contributed by atoms with Crippen molar-refractivity contribution in [2.75, 3.05) is 46.9 Å². The summed E-state index contributed by atoms with van der Waals surface area (Å²) in [4.78, 5) is 62.5. The Hall–Kier alpha value is -9.67. The van der Waals surface area contributed by atoms with E-state index in [1.807, 2.05) is 140 Å². The zero-order valence-electron chi connectivity index (χ0n) is 51.5. The summed E-state index contributed by atoms with van der Waals surface area (Å²) in [7, 11) is 1.17. The van der Waals surface area contributed by atoms with Crippen LogP contribution < -0.4 is 40.1 Å². The Kier molecular flexibility index (Phi) is 18.1. The van der Waals surface area contributed by atoms with E-state index in [1.165, 1.54) is 21.8 Å². The number of anilines is 1. The number of ether oxygens (including phenoxy) is 8. The van der Waals surface area contributed by atoms with Crippen LogP contribution in [0.3, 0.4) is 0 Å². The van der Waals surface area contributed by atoms with E-state index >= 15 is 4.39 Å². The molecule has 0 saturated carbocycles. The third-order valence-corrected chi connectivity index (χ3v) is 17.9. The molecule has 2 saturated heterocycles. The molecule has 4 aromatic heterocycles. The molecule has 0 bridgehead atoms. The van der Waals surface area contributed by atoms with E-state index in [4.69, 9.17) is 42.1 Å². The van der Waals surface area contributed by atoms with E-state index in [-0.39, 0.29) is 28.3 Å². The standard InChI is InChI=1S/C67H67FN10O14S/c1-39(2)60(79)75-65-74-59-55(62(81)76-65)72-38-78(59)64-56(91-67(42-16-12-9-13-17-42,45-22-30-49(86-6)31-23-45)46-24-32-50(87-7)33-25-46)40(3)51(89-64)34-73-93(82,83)92-57-52(90-63(53(57)68)77-37-71-54-58(77)69-36-70-61(54)80)35-88-66(41-14-10-8-11-15-41,43-18-26-47(84-4)27-19-43)44-20-28-48(85-5)29-21-44/h8-33,36-40,51-53,56-57,63-64,73H,34-35H2,1-7H3,(H,69,70,80)(H2,74,75,76,79,81)/t40-,51-,52-,53-,56-,57-,63-,64-/m1/s1. The summed E-state index contributed by atoms with van der Waals surface area (Å²) in [5.41, 5.74) is -0.605. The number of hydrogen-bond acceptors (Lipinski definition) is 18. The van der Waals surface area contributed by atoms with Crippen molar-refractivity contribution in [3.63, 3.8) is 0 Å². The van der Waals surface area contributed by atoms with Gasteiger partial charge in [0, 0.05) is 18.4 Å². The average Bonchev–Trinajstić information content (AvgIpc) is 1.69. The van der Waals surface area contributed by atoms with Crippen molar-refractivity contribution in [2.45, 2.75) is 75.0 Å². The summed E-state index contributed by atoms with van der Waals surface area (Å²) >= 11 is 0. The molecule has 10 aromatic rings. The molecule has 24 nitrogen and oxygen atoms in total. The average molecular weight is 1290 g/mol. The van der Waals surface area contributed by atoms with Gasteiger partial charge >= 0.3 is 10.3 Å². The first-order chi connectivity index (χ1) is 45.0. The molecule has 0 spiro atoms. The van der Waals surface area contributed by atoms with E-state index in [2.05, 4.69) is 39.9 Å². The predicted octanol–water partition coefficient (Wildman–Crippen LogP) is 8.26. The predicted molar refractivity (Wildman–Crippen MR) is 339 cm³/mol. The lowest BCUT2D eigenvalue weighted by atomic mass is 9.79. The van der Waals surface area contributed by atoms with Crippen molar-refractivity contribution in [1.29, 1.82) is 0 Å². The third-order valence-electron chi connectivity index (χ3n) is 16.9. The Morgan fingerprint density at radius 2 is 1.08 bits per heavy atom. The maximum atomic E-state index is 17.9. The second kappa shape index (κ2) is 26.5. The van der Waals surface area contributed by atoms with E-state index in [0.29, 0.717) is 56.4 Å². The summed E-state index contributed by atoms with van der Waals surface area (Å²) in [5.74, 6) is 0.466. The Balaban J connectivity index is 0.921. The normalized spacial score (nSPS) is 20.1. The molecule has 2 aliphatic heterocycles. The van der Waals surface area contributed by atoms with Gasteiger partial charge in [0.05, 0.1) is 60.1 Å². The van der Waals surface area contributed by atoms with Crippen molar-refractivity contribution in [3.05, 3.63) is 231 Å². The molecule has 4 N–H and O–H groups in total. The summed E-state index contributed by atoms with van der Waals surface area (Å²) in [6.45, 7) is 4.19. The minimum absolute atomic E-state index is 0.00570. The molecule has 0 radical (unpaired) electrons. The van der Waals surface area contributed by atoms with Gasteiger partial charge in [-0.3, -0.25) is 33.8 Å². The Morgan fingerprint density at radius 3 is 1.58 bits per heavy atom. The minimum atomic E-state index is -5.05. The van der Waals surface area contributed by atoms with Crippen LogP contribution in [0.5, 0.6) is 23.0 Å². The highest BCUT2D eigenvalue weighted by Crippen LogP contribution is 2.49. The number of halogens is 1. The number of aromatic nitrogens is 8. The van der Waals surface area contributed by atoms with Gasteiger partial charge in [0.15, 0.2) is 41.0 Å². The van der Waals surface area contributed by atoms with Gasteiger partial charge in [0.1, 0.15) is 52.5 Å². The number of aromatic amines is 2. The first-order valence-electron chi connectivity index (χ1n) is 29.8. The first-order valence-corrected chi connectivity index (χ1v) is 31.2. The number of nitrogens with zero attached hydrogens (tertiary/aromatic N) is 6. The number of imidazole rings is 2. The fraction of sp³-hybridized carbons (Fsp3) is 0.299. The molecule has 482 valence electrons. The largest absolute Gasteiger partial charge is 0.497 e. The van der Waals surface area contributed by atoms with E-state index in [1.54, 1.807) is 66.6 Å². The van der Waals surface area contributed by atoms with Crippen molar-refractivity contribution in [3.8, 4) is 23.0 Å². The number of hydrogen-bond donors (Lipinski definition) is 4. The van der Waals surface area contributed by atoms with E-state index in [9.17, 15) is 22.8 Å². The smallest absolute Gasteiger partial charge is 0.336 e. The lowest BCUT2D eigenvalue weighted by molar-refractivity contribution is -0.118. The highest BCUT2D eigenvalue weighted by atomic mass is 32.2. The van der Waals surface area contributed by atoms with Crippen LogP contribution in [0.2, 0.25) is 0 Å². The van der Waals surface area contributed by atoms with E-state index < -0.39 is 107 Å². The van der Waals surface area contributed by atoms with Gasteiger partial charge in [0.25, 0.3) is 11.1 Å². The maximum Gasteiger partial charge on any atom is 0.336 e. The number of fused-ring (bicyclic) bond motifs is 2. The highest BCUT2D eigenvalue weighted by molar-refractivity contribution is 7.84. The lowest BCUT2D eigenvalue weighted by Gasteiger charge is -2.40. The highest BCUT2D eigenvalue weighted by Gasteiger charge is 2.54. The Labute approximate surface area is 533 Å². The minimum Gasteiger partial charge on any atom is -0.497 e. The summed E-state index contributed by atoms with van der Waals surface area (Å²) in [5, 5.41) is 2.67. The zero-order chi connectivity index (χ0) is 65.2. The number of benzene rings is 6. The first kappa shape index (κ1) is 63.5. The number of nitrogens with one attached hydrogen (secondary N) is 4. The molecule has 12 rings (SSSR count). The zero-order valence-corrected chi connectivity index (χ0v) is 52.4. The van der Waals surface area contributed by atoms with Crippen LogP contribution in [-0.2, 0) is 49.4 Å². The SMILES string of the molecule is COc1ccc(C(OC[C@H]2O[C@@H](n3cnc4c(=O)[nH]cnc43)[C@H](F)[C@@H]2OS(=O)(=O)NC[C@H]2O[C@@H](n3cnc4c(=O)[nH]c(NC(=O)C(C)C)nc43)[C@H](OC(c3ccccc3)(c3ccc(OC)cc3)c3ccc(OC)cc3)[C@@H]2C)(c2ccccc2)c2ccc(OC)cc2)cc1. The fourth-order valence-corrected chi connectivity index (χ4v) is 13.0. The quantitative estimate of drug-likeness (QED) is 0.0414. The van der Waals surface area contributed by atoms with Crippen LogP contribution in [0.15, 0.2) is 186 Å². The fourth-order valence-electron chi connectivity index (χ4n) is 12.0. The van der Waals surface area contributed by atoms with Crippen LogP contribution in [0.25, 0.3) is 22.3 Å². The molecule has 93 heavy (non-hydrogen) atoms. The topological polar surface area (TPSA) is 285 Å². The Morgan fingerprint density at radius 1 is 0.613 bits per heavy atom. The molecule has 26 heteroatoms. The molecular weight excluding hydrogens is 1220 g/mol. The molecule has 2 aliphatic rings. The van der Waals surface area contributed by atoms with Crippen LogP contribution in [0.4, 0.5) is 10.3 Å². The molecule has 0 unspecified atom stereocenters. The number of H-pyrrole nitrogens is 2. The Bertz CT molecular complexity index is 4390. The molecule has 2 fully saturated rings. The number of amides is 1. The second-order valence-electron chi connectivity index (χ2n) is 22.6. The summed E-state index contributed by atoms with van der Waals surface area (Å²) < 4.78 is 110. The molecule has 8 atom stereocenters. The second-order valence-corrected chi connectivity index (χ2v) is 24.0. The van der Waals surface area contributed by atoms with Gasteiger partial charge in [-0.25, -0.2) is 23.5 Å². The van der Waals surface area contributed by atoms with Crippen LogP contribution >= 0.6 is 0 Å². The van der Waals surface area contributed by atoms with Gasteiger partial charge in [0.2, 0.25) is 11.9 Å². The molecule has 6 heterocycles. The van der Waals surface area contributed by atoms with Crippen molar-refractivity contribution < 1.29 is 59.7 Å². The monoisotopic (exact) mass is 1290 g/mol. The van der Waals surface area contributed by atoms with Crippen molar-refractivity contribution in [2.24, 2.45) is 11.8 Å².